The molecule has 1 aliphatic rings. The lowest BCUT2D eigenvalue weighted by Gasteiger charge is -2.34. The first kappa shape index (κ1) is 26.7. The fourth-order valence-electron chi connectivity index (χ4n) is 4.02. The number of aromatic nitrogens is 2. The number of ether oxygens (including phenoxy) is 1. The van der Waals surface area contributed by atoms with E-state index in [1.165, 1.54) is 12.1 Å². The number of hydrogen-bond acceptors (Lipinski definition) is 5. The summed E-state index contributed by atoms with van der Waals surface area (Å²) in [5, 5.41) is 4.56. The topological polar surface area (TPSA) is 81.5 Å². The fourth-order valence-corrected chi connectivity index (χ4v) is 4.65. The molecule has 0 unspecified atom stereocenters. The maximum atomic E-state index is 14.7. The van der Waals surface area contributed by atoms with Crippen LogP contribution in [0.25, 0.3) is 17.7 Å². The van der Waals surface area contributed by atoms with E-state index in [1.54, 1.807) is 24.1 Å². The van der Waals surface area contributed by atoms with Crippen LogP contribution in [-0.2, 0) is 14.6 Å². The molecular formula is C26H34FN3O4S. The van der Waals surface area contributed by atoms with Gasteiger partial charge in [0.05, 0.1) is 22.8 Å². The van der Waals surface area contributed by atoms with Crippen molar-refractivity contribution in [2.75, 3.05) is 19.3 Å². The van der Waals surface area contributed by atoms with Crippen LogP contribution in [0.15, 0.2) is 35.9 Å². The van der Waals surface area contributed by atoms with E-state index in [0.29, 0.717) is 24.2 Å². The molecule has 190 valence electrons. The minimum Gasteiger partial charge on any atom is -0.443 e. The molecule has 0 bridgehead atoms. The number of amides is 1. The van der Waals surface area contributed by atoms with Gasteiger partial charge in [-0.15, -0.1) is 0 Å². The van der Waals surface area contributed by atoms with Crippen molar-refractivity contribution in [1.82, 2.24) is 14.7 Å². The zero-order chi connectivity index (χ0) is 26.0. The van der Waals surface area contributed by atoms with Crippen molar-refractivity contribution in [3.63, 3.8) is 0 Å². The van der Waals surface area contributed by atoms with Gasteiger partial charge in [-0.3, -0.25) is 4.68 Å². The molecule has 0 radical (unpaired) electrons. The summed E-state index contributed by atoms with van der Waals surface area (Å²) in [4.78, 5) is 14.2. The number of benzene rings is 1. The summed E-state index contributed by atoms with van der Waals surface area (Å²) >= 11 is 0. The Balaban J connectivity index is 1.76. The van der Waals surface area contributed by atoms with Gasteiger partial charge in [0.25, 0.3) is 0 Å². The third kappa shape index (κ3) is 6.20. The normalized spacial score (nSPS) is 15.8. The summed E-state index contributed by atoms with van der Waals surface area (Å²) < 4.78 is 45.6. The summed E-state index contributed by atoms with van der Waals surface area (Å²) in [5.41, 5.74) is 2.07. The summed E-state index contributed by atoms with van der Waals surface area (Å²) in [6.07, 6.45) is 8.22. The Kier molecular flexibility index (Phi) is 7.89. The Hall–Kier alpha value is -2.94. The van der Waals surface area contributed by atoms with Gasteiger partial charge in [0.1, 0.15) is 11.4 Å². The molecule has 1 aromatic carbocycles. The molecule has 2 heterocycles. The van der Waals surface area contributed by atoms with Crippen molar-refractivity contribution in [3.8, 4) is 0 Å². The minimum atomic E-state index is -3.48. The van der Waals surface area contributed by atoms with Gasteiger partial charge in [-0.25, -0.2) is 17.6 Å². The third-order valence-electron chi connectivity index (χ3n) is 6.51. The number of likely N-dealkylation sites (tertiary alicyclic amines) is 1. The molecule has 0 atom stereocenters. The molecule has 0 spiro atoms. The number of carbonyl (C=O) groups excluding carboxylic acids is 1. The van der Waals surface area contributed by atoms with E-state index in [0.717, 1.165) is 42.8 Å². The highest BCUT2D eigenvalue weighted by molar-refractivity contribution is 7.90. The summed E-state index contributed by atoms with van der Waals surface area (Å²) in [7, 11) is -3.48. The maximum Gasteiger partial charge on any atom is 0.410 e. The Bertz CT molecular complexity index is 1240. The van der Waals surface area contributed by atoms with Crippen LogP contribution in [0.1, 0.15) is 69.8 Å². The number of allylic oxidation sites excluding steroid dienone is 1. The van der Waals surface area contributed by atoms with Crippen molar-refractivity contribution in [2.24, 2.45) is 0 Å². The molecule has 0 saturated carbocycles. The lowest BCUT2D eigenvalue weighted by molar-refractivity contribution is 0.00582. The van der Waals surface area contributed by atoms with Gasteiger partial charge in [-0.1, -0.05) is 19.6 Å². The van der Waals surface area contributed by atoms with Crippen molar-refractivity contribution >= 4 is 33.7 Å². The van der Waals surface area contributed by atoms with Crippen LogP contribution in [0.2, 0.25) is 0 Å². The Labute approximate surface area is 207 Å². The van der Waals surface area contributed by atoms with Crippen LogP contribution in [0, 0.1) is 5.82 Å². The Morgan fingerprint density at radius 1 is 1.31 bits per heavy atom. The predicted molar refractivity (Wildman–Crippen MR) is 136 cm³/mol. The summed E-state index contributed by atoms with van der Waals surface area (Å²) in [6.45, 7) is 12.6. The molecular weight excluding hydrogens is 469 g/mol. The van der Waals surface area contributed by atoms with Crippen LogP contribution in [0.5, 0.6) is 0 Å². The van der Waals surface area contributed by atoms with E-state index in [1.807, 2.05) is 31.5 Å². The highest BCUT2D eigenvalue weighted by Crippen LogP contribution is 2.29. The monoisotopic (exact) mass is 503 g/mol. The van der Waals surface area contributed by atoms with Crippen LogP contribution in [0.3, 0.4) is 0 Å². The first-order valence-electron chi connectivity index (χ1n) is 11.7. The van der Waals surface area contributed by atoms with E-state index in [2.05, 4.69) is 11.7 Å². The zero-order valence-electron chi connectivity index (χ0n) is 21.0. The van der Waals surface area contributed by atoms with E-state index in [4.69, 9.17) is 4.74 Å². The van der Waals surface area contributed by atoms with Crippen molar-refractivity contribution < 1.29 is 22.3 Å². The minimum absolute atomic E-state index is 0.0559. The van der Waals surface area contributed by atoms with Crippen molar-refractivity contribution in [1.29, 1.82) is 0 Å². The van der Waals surface area contributed by atoms with Gasteiger partial charge in [-0.2, -0.15) is 5.10 Å². The molecule has 1 aromatic heterocycles. The standard InChI is InChI=1S/C26H34FN3O4S/c1-7-24-19(15-18(3)22-10-9-21(16-23(22)27)35(6,32)33)17-28-30(24)20-11-13-29(14-12-20)25(31)34-26(4,5)8-2/h7,9-10,15-17,20H,1,8,11-14H2,2-6H3/b18-15+. The fraction of sp³-hybridized carbons (Fsp3) is 0.462. The van der Waals surface area contributed by atoms with Gasteiger partial charge < -0.3 is 9.64 Å². The molecule has 0 N–H and O–H groups in total. The van der Waals surface area contributed by atoms with Crippen LogP contribution in [-0.4, -0.2) is 54.1 Å². The first-order chi connectivity index (χ1) is 16.4. The van der Waals surface area contributed by atoms with Crippen LogP contribution < -0.4 is 0 Å². The largest absolute Gasteiger partial charge is 0.443 e. The molecule has 1 saturated heterocycles. The second-order valence-corrected chi connectivity index (χ2v) is 11.6. The molecule has 0 aliphatic carbocycles. The lowest BCUT2D eigenvalue weighted by atomic mass is 10.0. The number of piperidine rings is 1. The molecule has 1 amide bonds. The SMILES string of the molecule is C=Cc1c(/C=C(\C)c2ccc(S(C)(=O)=O)cc2F)cnn1C1CCN(C(=O)OC(C)(C)CC)CC1. The molecule has 35 heavy (non-hydrogen) atoms. The maximum absolute atomic E-state index is 14.7. The quantitative estimate of drug-likeness (QED) is 0.492. The molecule has 7 nitrogen and oxygen atoms in total. The summed E-state index contributed by atoms with van der Waals surface area (Å²) in [5.74, 6) is -0.597. The average molecular weight is 504 g/mol. The highest BCUT2D eigenvalue weighted by Gasteiger charge is 2.29. The highest BCUT2D eigenvalue weighted by atomic mass is 32.2. The predicted octanol–water partition coefficient (Wildman–Crippen LogP) is 5.59. The average Bonchev–Trinajstić information content (AvgIpc) is 3.20. The van der Waals surface area contributed by atoms with Gasteiger partial charge >= 0.3 is 6.09 Å². The van der Waals surface area contributed by atoms with Gasteiger partial charge in [0, 0.05) is 30.5 Å². The molecule has 3 rings (SSSR count). The van der Waals surface area contributed by atoms with Gasteiger partial charge in [0.2, 0.25) is 0 Å². The number of sulfone groups is 1. The van der Waals surface area contributed by atoms with E-state index in [-0.39, 0.29) is 17.0 Å². The van der Waals surface area contributed by atoms with Crippen molar-refractivity contribution in [2.45, 2.75) is 63.5 Å². The second kappa shape index (κ2) is 10.4. The Morgan fingerprint density at radius 2 is 1.97 bits per heavy atom. The molecule has 2 aromatic rings. The number of nitrogens with zero attached hydrogens (tertiary/aromatic N) is 3. The number of carbonyl (C=O) groups is 1. The lowest BCUT2D eigenvalue weighted by Crippen LogP contribution is -2.42. The molecule has 1 fully saturated rings. The van der Waals surface area contributed by atoms with Crippen LogP contribution >= 0.6 is 0 Å². The van der Waals surface area contributed by atoms with E-state index >= 15 is 0 Å². The second-order valence-electron chi connectivity index (χ2n) is 9.57. The number of hydrogen-bond donors (Lipinski definition) is 0. The smallest absolute Gasteiger partial charge is 0.410 e. The molecule has 9 heteroatoms. The summed E-state index contributed by atoms with van der Waals surface area (Å²) in [6, 6.07) is 4.02. The molecule has 1 aliphatic heterocycles. The van der Waals surface area contributed by atoms with Gasteiger partial charge in [-0.05, 0) is 69.9 Å². The van der Waals surface area contributed by atoms with Gasteiger partial charge in [0.15, 0.2) is 9.84 Å². The van der Waals surface area contributed by atoms with Crippen molar-refractivity contribution in [3.05, 3.63) is 53.6 Å². The van der Waals surface area contributed by atoms with Crippen LogP contribution in [0.4, 0.5) is 9.18 Å². The number of halogens is 1. The third-order valence-corrected chi connectivity index (χ3v) is 7.62. The first-order valence-corrected chi connectivity index (χ1v) is 13.6. The van der Waals surface area contributed by atoms with E-state index < -0.39 is 21.3 Å². The van der Waals surface area contributed by atoms with E-state index in [9.17, 15) is 17.6 Å². The Morgan fingerprint density at radius 3 is 2.51 bits per heavy atom. The number of rotatable bonds is 7. The zero-order valence-corrected chi connectivity index (χ0v) is 21.9.